The second kappa shape index (κ2) is 14.1. The van der Waals surface area contributed by atoms with Gasteiger partial charge in [-0.25, -0.2) is 0 Å². The first-order chi connectivity index (χ1) is 8.71. The Bertz CT molecular complexity index is 277. The first-order valence-electron chi connectivity index (χ1n) is 7.33. The largest absolute Gasteiger partial charge is 0.496 e. The van der Waals surface area contributed by atoms with Gasteiger partial charge in [-0.05, 0) is 24.5 Å². The van der Waals surface area contributed by atoms with Gasteiger partial charge in [-0.3, -0.25) is 0 Å². The predicted molar refractivity (Wildman–Crippen MR) is 83.7 cm³/mol. The number of para-hydroxylation sites is 1. The summed E-state index contributed by atoms with van der Waals surface area (Å²) in [5.41, 5.74) is 2.50. The van der Waals surface area contributed by atoms with Gasteiger partial charge in [-0.2, -0.15) is 0 Å². The maximum atomic E-state index is 5.27. The lowest BCUT2D eigenvalue weighted by molar-refractivity contribution is 0.407. The molecule has 0 aromatic heterocycles. The van der Waals surface area contributed by atoms with Crippen molar-refractivity contribution in [2.24, 2.45) is 0 Å². The second-order valence-corrected chi connectivity index (χ2v) is 3.97. The van der Waals surface area contributed by atoms with Crippen LogP contribution in [0.3, 0.4) is 0 Å². The second-order valence-electron chi connectivity index (χ2n) is 3.97. The van der Waals surface area contributed by atoms with Gasteiger partial charge in [0.1, 0.15) is 5.75 Å². The number of unbranched alkanes of at least 4 members (excludes halogenated alkanes) is 2. The minimum Gasteiger partial charge on any atom is -0.496 e. The van der Waals surface area contributed by atoms with E-state index in [1.807, 2.05) is 13.8 Å². The Morgan fingerprint density at radius 3 is 1.83 bits per heavy atom. The van der Waals surface area contributed by atoms with Gasteiger partial charge in [-0.1, -0.05) is 72.1 Å². The molecule has 0 radical (unpaired) electrons. The van der Waals surface area contributed by atoms with E-state index in [2.05, 4.69) is 45.9 Å². The highest BCUT2D eigenvalue weighted by atomic mass is 16.5. The summed E-state index contributed by atoms with van der Waals surface area (Å²) in [5.74, 6) is 1.04. The minimum absolute atomic E-state index is 1.03. The molecule has 0 spiro atoms. The van der Waals surface area contributed by atoms with Crippen LogP contribution >= 0.6 is 0 Å². The third kappa shape index (κ3) is 8.16. The summed E-state index contributed by atoms with van der Waals surface area (Å²) in [6.45, 7) is 12.6. The Morgan fingerprint density at radius 2 is 1.56 bits per heavy atom. The molecular formula is C17H32O. The number of aryl methyl sites for hydroxylation is 2. The third-order valence-electron chi connectivity index (χ3n) is 2.59. The molecule has 0 aliphatic carbocycles. The molecule has 0 saturated carbocycles. The first-order valence-corrected chi connectivity index (χ1v) is 7.33. The molecule has 0 atom stereocenters. The molecular weight excluding hydrogens is 220 g/mol. The average Bonchev–Trinajstić information content (AvgIpc) is 2.42. The van der Waals surface area contributed by atoms with E-state index < -0.39 is 0 Å². The molecule has 0 heterocycles. The van der Waals surface area contributed by atoms with E-state index in [0.717, 1.165) is 12.2 Å². The van der Waals surface area contributed by atoms with Crippen molar-refractivity contribution in [1.82, 2.24) is 0 Å². The van der Waals surface area contributed by atoms with E-state index in [1.165, 1.54) is 30.4 Å². The van der Waals surface area contributed by atoms with Crippen LogP contribution in [-0.2, 0) is 6.42 Å². The highest BCUT2D eigenvalue weighted by Crippen LogP contribution is 2.22. The maximum absolute atomic E-state index is 5.27. The van der Waals surface area contributed by atoms with Crippen LogP contribution in [0.5, 0.6) is 5.75 Å². The number of rotatable bonds is 4. The van der Waals surface area contributed by atoms with E-state index >= 15 is 0 Å². The predicted octanol–water partition coefficient (Wildman–Crippen LogP) is 5.79. The molecule has 1 nitrogen and oxygen atoms in total. The van der Waals surface area contributed by atoms with Crippen LogP contribution in [0.1, 0.15) is 65.0 Å². The highest BCUT2D eigenvalue weighted by molar-refractivity contribution is 5.40. The van der Waals surface area contributed by atoms with Crippen molar-refractivity contribution in [3.8, 4) is 5.75 Å². The topological polar surface area (TPSA) is 9.23 Å². The van der Waals surface area contributed by atoms with Crippen molar-refractivity contribution in [2.45, 2.75) is 67.2 Å². The molecule has 0 aliphatic heterocycles. The SMILES string of the molecule is CC.CCCCC.CCc1cccc(C)c1OC. The summed E-state index contributed by atoms with van der Waals surface area (Å²) in [7, 11) is 1.72. The molecule has 1 aromatic rings. The highest BCUT2D eigenvalue weighted by Gasteiger charge is 2.01. The molecule has 0 N–H and O–H groups in total. The van der Waals surface area contributed by atoms with E-state index in [9.17, 15) is 0 Å². The zero-order valence-electron chi connectivity index (χ0n) is 13.5. The fourth-order valence-corrected chi connectivity index (χ4v) is 1.64. The molecule has 1 aromatic carbocycles. The van der Waals surface area contributed by atoms with Crippen molar-refractivity contribution in [3.63, 3.8) is 0 Å². The molecule has 0 saturated heterocycles. The molecule has 106 valence electrons. The van der Waals surface area contributed by atoms with E-state index in [-0.39, 0.29) is 0 Å². The summed E-state index contributed by atoms with van der Waals surface area (Å²) in [4.78, 5) is 0. The van der Waals surface area contributed by atoms with Crippen molar-refractivity contribution in [3.05, 3.63) is 29.3 Å². The van der Waals surface area contributed by atoms with E-state index in [1.54, 1.807) is 7.11 Å². The monoisotopic (exact) mass is 252 g/mol. The van der Waals surface area contributed by atoms with E-state index in [0.29, 0.717) is 0 Å². The van der Waals surface area contributed by atoms with Crippen molar-refractivity contribution >= 4 is 0 Å². The zero-order valence-corrected chi connectivity index (χ0v) is 13.5. The van der Waals surface area contributed by atoms with Gasteiger partial charge in [0.05, 0.1) is 7.11 Å². The Balaban J connectivity index is 0. The number of benzene rings is 1. The van der Waals surface area contributed by atoms with Crippen LogP contribution in [0.2, 0.25) is 0 Å². The summed E-state index contributed by atoms with van der Waals surface area (Å²) < 4.78 is 5.27. The normalized spacial score (nSPS) is 8.61. The van der Waals surface area contributed by atoms with Crippen molar-refractivity contribution in [2.75, 3.05) is 7.11 Å². The lowest BCUT2D eigenvalue weighted by atomic mass is 10.1. The van der Waals surface area contributed by atoms with Gasteiger partial charge in [0.2, 0.25) is 0 Å². The van der Waals surface area contributed by atoms with Gasteiger partial charge in [0.25, 0.3) is 0 Å². The molecule has 0 fully saturated rings. The number of hydrogen-bond donors (Lipinski definition) is 0. The van der Waals surface area contributed by atoms with Gasteiger partial charge in [0.15, 0.2) is 0 Å². The lowest BCUT2D eigenvalue weighted by Crippen LogP contribution is -1.92. The van der Waals surface area contributed by atoms with Crippen molar-refractivity contribution in [1.29, 1.82) is 0 Å². The summed E-state index contributed by atoms with van der Waals surface area (Å²) >= 11 is 0. The third-order valence-corrected chi connectivity index (χ3v) is 2.59. The minimum atomic E-state index is 1.03. The summed E-state index contributed by atoms with van der Waals surface area (Å²) in [5, 5.41) is 0. The number of methoxy groups -OCH3 is 1. The van der Waals surface area contributed by atoms with Crippen LogP contribution in [0.25, 0.3) is 0 Å². The fraction of sp³-hybridized carbons (Fsp3) is 0.647. The van der Waals surface area contributed by atoms with Crippen LogP contribution in [0.4, 0.5) is 0 Å². The standard InChI is InChI=1S/C10H14O.C5H12.C2H6/c1-4-9-7-5-6-8(2)10(9)11-3;1-3-5-4-2;1-2/h5-7H,4H2,1-3H3;3-5H2,1-2H3;1-2H3. The Labute approximate surface area is 115 Å². The number of hydrogen-bond acceptors (Lipinski definition) is 1. The number of ether oxygens (including phenoxy) is 1. The lowest BCUT2D eigenvalue weighted by Gasteiger charge is -2.08. The van der Waals surface area contributed by atoms with Gasteiger partial charge in [0, 0.05) is 0 Å². The maximum Gasteiger partial charge on any atom is 0.124 e. The van der Waals surface area contributed by atoms with Crippen LogP contribution in [-0.4, -0.2) is 7.11 Å². The Hall–Kier alpha value is -0.980. The summed E-state index contributed by atoms with van der Waals surface area (Å²) in [6.07, 6.45) is 5.11. The molecule has 0 amide bonds. The zero-order chi connectivity index (χ0) is 14.4. The first kappa shape index (κ1) is 19.4. The smallest absolute Gasteiger partial charge is 0.124 e. The Morgan fingerprint density at radius 1 is 1.00 bits per heavy atom. The van der Waals surface area contributed by atoms with Gasteiger partial charge >= 0.3 is 0 Å². The fourth-order valence-electron chi connectivity index (χ4n) is 1.64. The molecule has 0 bridgehead atoms. The van der Waals surface area contributed by atoms with Crippen molar-refractivity contribution < 1.29 is 4.74 Å². The summed E-state index contributed by atoms with van der Waals surface area (Å²) in [6, 6.07) is 6.24. The molecule has 1 heteroatoms. The molecule has 0 aliphatic rings. The van der Waals surface area contributed by atoms with Crippen LogP contribution in [0, 0.1) is 6.92 Å². The van der Waals surface area contributed by atoms with Crippen LogP contribution < -0.4 is 4.74 Å². The van der Waals surface area contributed by atoms with E-state index in [4.69, 9.17) is 4.74 Å². The average molecular weight is 252 g/mol. The van der Waals surface area contributed by atoms with Gasteiger partial charge < -0.3 is 4.74 Å². The quantitative estimate of drug-likeness (QED) is 0.659. The van der Waals surface area contributed by atoms with Gasteiger partial charge in [-0.15, -0.1) is 0 Å². The van der Waals surface area contributed by atoms with Crippen LogP contribution in [0.15, 0.2) is 18.2 Å². The molecule has 0 unspecified atom stereocenters. The Kier molecular flexibility index (Phi) is 15.1. The molecule has 18 heavy (non-hydrogen) atoms. The molecule has 1 rings (SSSR count).